The summed E-state index contributed by atoms with van der Waals surface area (Å²) in [5.41, 5.74) is -1.60. The van der Waals surface area contributed by atoms with Crippen LogP contribution in [0, 0.1) is 5.92 Å². The van der Waals surface area contributed by atoms with E-state index < -0.39 is 17.5 Å². The van der Waals surface area contributed by atoms with E-state index in [1.807, 2.05) is 20.8 Å². The number of anilines is 1. The van der Waals surface area contributed by atoms with Gasteiger partial charge in [-0.1, -0.05) is 0 Å². The minimum absolute atomic E-state index is 0.0519. The molecule has 9 heteroatoms. The lowest BCUT2D eigenvalue weighted by Crippen LogP contribution is -2.49. The topological polar surface area (TPSA) is 67.3 Å². The maximum atomic E-state index is 12.5. The number of carbonyl (C=O) groups is 1. The number of aromatic nitrogens is 2. The number of hydrogen-bond acceptors (Lipinski definition) is 5. The van der Waals surface area contributed by atoms with Crippen LogP contribution >= 0.6 is 0 Å². The number of piperidine rings is 1. The minimum Gasteiger partial charge on any atom is -0.444 e. The molecule has 1 amide bonds. The Labute approximate surface area is 143 Å². The molecule has 3 rings (SSSR count). The maximum absolute atomic E-state index is 12.5. The Balaban J connectivity index is 1.65. The molecule has 1 saturated heterocycles. The molecule has 0 aromatic carbocycles. The van der Waals surface area contributed by atoms with Crippen molar-refractivity contribution in [3.05, 3.63) is 18.1 Å². The second-order valence-electron chi connectivity index (χ2n) is 7.57. The summed E-state index contributed by atoms with van der Waals surface area (Å²) in [6.07, 6.45) is -1.39. The highest BCUT2D eigenvalue weighted by atomic mass is 19.4. The summed E-state index contributed by atoms with van der Waals surface area (Å²) in [7, 11) is 0. The lowest BCUT2D eigenvalue weighted by molar-refractivity contribution is -0.141. The highest BCUT2D eigenvalue weighted by molar-refractivity contribution is 5.69. The number of ether oxygens (including phenoxy) is 1. The first-order chi connectivity index (χ1) is 11.5. The zero-order valence-electron chi connectivity index (χ0n) is 14.3. The van der Waals surface area contributed by atoms with Crippen molar-refractivity contribution in [1.82, 2.24) is 14.9 Å². The van der Waals surface area contributed by atoms with Crippen LogP contribution in [0.1, 0.15) is 39.3 Å². The van der Waals surface area contributed by atoms with E-state index in [0.29, 0.717) is 18.7 Å². The monoisotopic (exact) mass is 358 g/mol. The number of hydrogen-bond donors (Lipinski definition) is 1. The van der Waals surface area contributed by atoms with Gasteiger partial charge in [-0.3, -0.25) is 0 Å². The van der Waals surface area contributed by atoms with E-state index in [-0.39, 0.29) is 24.0 Å². The zero-order valence-corrected chi connectivity index (χ0v) is 14.3. The molecule has 1 aliphatic carbocycles. The molecule has 0 radical (unpaired) electrons. The standard InChI is InChI=1S/C16H21F3N4O2/c1-15(2,3)25-14(24)23-8-9-4-10(11(23)5-9)22-13-7-20-12(6-21-13)16(17,18)19/h6-7,9-11H,4-5,8H2,1-3H3,(H,21,22)/t9-,10+,11-/m0/s1. The second kappa shape index (κ2) is 6.03. The fourth-order valence-electron chi connectivity index (χ4n) is 3.45. The molecule has 0 unspecified atom stereocenters. The second-order valence-corrected chi connectivity index (χ2v) is 7.57. The van der Waals surface area contributed by atoms with Crippen LogP contribution in [0.5, 0.6) is 0 Å². The summed E-state index contributed by atoms with van der Waals surface area (Å²) >= 11 is 0. The third-order valence-corrected chi connectivity index (χ3v) is 4.39. The predicted octanol–water partition coefficient (Wildman–Crippen LogP) is 3.31. The van der Waals surface area contributed by atoms with Crippen molar-refractivity contribution in [3.63, 3.8) is 0 Å². The average molecular weight is 358 g/mol. The molecule has 1 aliphatic heterocycles. The van der Waals surface area contributed by atoms with Crippen molar-refractivity contribution < 1.29 is 22.7 Å². The fourth-order valence-corrected chi connectivity index (χ4v) is 3.45. The van der Waals surface area contributed by atoms with E-state index in [2.05, 4.69) is 15.3 Å². The number of fused-ring (bicyclic) bond motifs is 2. The highest BCUT2D eigenvalue weighted by Gasteiger charge is 2.48. The van der Waals surface area contributed by atoms with E-state index >= 15 is 0 Å². The van der Waals surface area contributed by atoms with Gasteiger partial charge in [0.25, 0.3) is 0 Å². The normalized spacial score (nSPS) is 26.0. The number of rotatable bonds is 2. The smallest absolute Gasteiger partial charge is 0.434 e. The Morgan fingerprint density at radius 2 is 1.96 bits per heavy atom. The molecule has 2 bridgehead atoms. The van der Waals surface area contributed by atoms with Crippen LogP contribution in [0.3, 0.4) is 0 Å². The first kappa shape index (κ1) is 17.8. The number of nitrogens with zero attached hydrogens (tertiary/aromatic N) is 3. The summed E-state index contributed by atoms with van der Waals surface area (Å²) in [6, 6.07) is -0.124. The highest BCUT2D eigenvalue weighted by Crippen LogP contribution is 2.39. The molecule has 0 spiro atoms. The lowest BCUT2D eigenvalue weighted by Gasteiger charge is -2.35. The van der Waals surface area contributed by atoms with Gasteiger partial charge in [0.2, 0.25) is 0 Å². The van der Waals surface area contributed by atoms with Crippen LogP contribution in [0.4, 0.5) is 23.8 Å². The van der Waals surface area contributed by atoms with Gasteiger partial charge in [0.05, 0.1) is 18.4 Å². The molecule has 6 nitrogen and oxygen atoms in total. The molecule has 138 valence electrons. The van der Waals surface area contributed by atoms with Crippen LogP contribution < -0.4 is 5.32 Å². The van der Waals surface area contributed by atoms with E-state index in [0.717, 1.165) is 19.0 Å². The average Bonchev–Trinajstić information content (AvgIpc) is 3.05. The van der Waals surface area contributed by atoms with Gasteiger partial charge in [0.1, 0.15) is 11.4 Å². The number of likely N-dealkylation sites (tertiary alicyclic amines) is 1. The van der Waals surface area contributed by atoms with Crippen LogP contribution in [-0.2, 0) is 10.9 Å². The van der Waals surface area contributed by atoms with Crippen molar-refractivity contribution in [3.8, 4) is 0 Å². The van der Waals surface area contributed by atoms with Gasteiger partial charge in [-0.2, -0.15) is 13.2 Å². The molecular weight excluding hydrogens is 337 g/mol. The van der Waals surface area contributed by atoms with Crippen molar-refractivity contribution in [1.29, 1.82) is 0 Å². The Bertz CT molecular complexity index is 642. The molecule has 25 heavy (non-hydrogen) atoms. The molecule has 2 heterocycles. The number of carbonyl (C=O) groups excluding carboxylic acids is 1. The Kier molecular flexibility index (Phi) is 4.28. The van der Waals surface area contributed by atoms with Gasteiger partial charge in [-0.05, 0) is 39.5 Å². The van der Waals surface area contributed by atoms with Gasteiger partial charge in [0, 0.05) is 12.6 Å². The summed E-state index contributed by atoms with van der Waals surface area (Å²) in [4.78, 5) is 21.2. The fraction of sp³-hybridized carbons (Fsp3) is 0.688. The van der Waals surface area contributed by atoms with Crippen LogP contribution in [-0.4, -0.2) is 45.2 Å². The van der Waals surface area contributed by atoms with E-state index in [4.69, 9.17) is 4.74 Å². The predicted molar refractivity (Wildman–Crippen MR) is 83.9 cm³/mol. The quantitative estimate of drug-likeness (QED) is 0.879. The minimum atomic E-state index is -4.51. The maximum Gasteiger partial charge on any atom is 0.434 e. The van der Waals surface area contributed by atoms with Crippen LogP contribution in [0.15, 0.2) is 12.4 Å². The Morgan fingerprint density at radius 1 is 1.24 bits per heavy atom. The number of alkyl halides is 3. The van der Waals surface area contributed by atoms with Crippen molar-refractivity contribution >= 4 is 11.9 Å². The van der Waals surface area contributed by atoms with E-state index in [9.17, 15) is 18.0 Å². The Hall–Kier alpha value is -2.06. The number of amides is 1. The van der Waals surface area contributed by atoms with Crippen LogP contribution in [0.25, 0.3) is 0 Å². The molecule has 1 saturated carbocycles. The summed E-state index contributed by atoms with van der Waals surface area (Å²) < 4.78 is 43.1. The molecule has 2 fully saturated rings. The van der Waals surface area contributed by atoms with Gasteiger partial charge in [-0.25, -0.2) is 14.8 Å². The van der Waals surface area contributed by atoms with E-state index in [1.165, 1.54) is 0 Å². The largest absolute Gasteiger partial charge is 0.444 e. The molecule has 3 atom stereocenters. The third-order valence-electron chi connectivity index (χ3n) is 4.39. The number of nitrogens with one attached hydrogen (secondary N) is 1. The molecular formula is C16H21F3N4O2. The molecule has 1 N–H and O–H groups in total. The third kappa shape index (κ3) is 3.96. The van der Waals surface area contributed by atoms with Gasteiger partial charge in [0.15, 0.2) is 5.69 Å². The lowest BCUT2D eigenvalue weighted by atomic mass is 10.1. The van der Waals surface area contributed by atoms with Crippen LogP contribution in [0.2, 0.25) is 0 Å². The number of halogens is 3. The summed E-state index contributed by atoms with van der Waals surface area (Å²) in [5.74, 6) is 0.632. The van der Waals surface area contributed by atoms with Gasteiger partial charge in [-0.15, -0.1) is 0 Å². The van der Waals surface area contributed by atoms with E-state index in [1.54, 1.807) is 4.90 Å². The van der Waals surface area contributed by atoms with Crippen molar-refractivity contribution in [2.75, 3.05) is 11.9 Å². The molecule has 1 aromatic heterocycles. The Morgan fingerprint density at radius 3 is 2.48 bits per heavy atom. The molecule has 1 aromatic rings. The first-order valence-corrected chi connectivity index (χ1v) is 8.18. The van der Waals surface area contributed by atoms with Crippen molar-refractivity contribution in [2.45, 2.75) is 57.5 Å². The van der Waals surface area contributed by atoms with Gasteiger partial charge < -0.3 is 15.0 Å². The SMILES string of the molecule is CC(C)(C)OC(=O)N1C[C@H]2C[C@@H](Nc3cnc(C(F)(F)F)cn3)[C@@H]1C2. The molecule has 2 aliphatic rings. The van der Waals surface area contributed by atoms with Gasteiger partial charge >= 0.3 is 12.3 Å². The summed E-state index contributed by atoms with van der Waals surface area (Å²) in [5, 5.41) is 3.11. The first-order valence-electron chi connectivity index (χ1n) is 8.18. The summed E-state index contributed by atoms with van der Waals surface area (Å²) in [6.45, 7) is 6.09. The van der Waals surface area contributed by atoms with Crippen molar-refractivity contribution in [2.24, 2.45) is 5.92 Å². The zero-order chi connectivity index (χ0) is 18.4.